The van der Waals surface area contributed by atoms with Crippen molar-refractivity contribution in [2.75, 3.05) is 0 Å². The molecule has 0 fully saturated rings. The first-order chi connectivity index (χ1) is 7.24. The summed E-state index contributed by atoms with van der Waals surface area (Å²) in [5, 5.41) is 9.25. The third-order valence-electron chi connectivity index (χ3n) is 2.66. The highest BCUT2D eigenvalue weighted by Crippen LogP contribution is 2.28. The van der Waals surface area contributed by atoms with Crippen LogP contribution in [0.2, 0.25) is 0 Å². The van der Waals surface area contributed by atoms with E-state index in [2.05, 4.69) is 6.07 Å². The van der Waals surface area contributed by atoms with Gasteiger partial charge in [0.15, 0.2) is 0 Å². The van der Waals surface area contributed by atoms with Gasteiger partial charge >= 0.3 is 0 Å². The first kappa shape index (κ1) is 9.72. The van der Waals surface area contributed by atoms with Gasteiger partial charge in [-0.25, -0.2) is 9.13 Å². The van der Waals surface area contributed by atoms with Gasteiger partial charge in [-0.2, -0.15) is 5.26 Å². The molecule has 0 aliphatic heterocycles. The van der Waals surface area contributed by atoms with Crippen molar-refractivity contribution in [3.63, 3.8) is 0 Å². The van der Waals surface area contributed by atoms with Crippen LogP contribution < -0.4 is 4.57 Å². The Bertz CT molecular complexity index is 448. The van der Waals surface area contributed by atoms with Crippen molar-refractivity contribution in [3.05, 3.63) is 43.0 Å². The van der Waals surface area contributed by atoms with E-state index in [0.29, 0.717) is 6.54 Å². The highest BCUT2D eigenvalue weighted by molar-refractivity contribution is 5.23. The zero-order valence-electron chi connectivity index (χ0n) is 8.80. The van der Waals surface area contributed by atoms with Gasteiger partial charge in [-0.15, -0.1) is 0 Å². The molecule has 0 N–H and O–H groups in total. The van der Waals surface area contributed by atoms with Gasteiger partial charge in [0, 0.05) is 0 Å². The molecular formula is C12H14N3+. The van der Waals surface area contributed by atoms with Crippen molar-refractivity contribution in [1.29, 1.82) is 5.26 Å². The lowest BCUT2D eigenvalue weighted by molar-refractivity contribution is -0.671. The molecule has 0 aromatic carbocycles. The van der Waals surface area contributed by atoms with Crippen molar-refractivity contribution in [2.24, 2.45) is 12.5 Å². The number of allylic oxidation sites excluding steroid dienone is 4. The second-order valence-electron chi connectivity index (χ2n) is 4.01. The van der Waals surface area contributed by atoms with Crippen LogP contribution in [-0.4, -0.2) is 4.57 Å². The fourth-order valence-electron chi connectivity index (χ4n) is 1.82. The molecule has 0 spiro atoms. The molecule has 76 valence electrons. The lowest BCUT2D eigenvalue weighted by Crippen LogP contribution is -2.27. The van der Waals surface area contributed by atoms with E-state index in [1.807, 2.05) is 59.2 Å². The molecule has 0 bridgehead atoms. The van der Waals surface area contributed by atoms with E-state index in [-0.39, 0.29) is 5.41 Å². The van der Waals surface area contributed by atoms with Gasteiger partial charge in [0.1, 0.15) is 24.4 Å². The Morgan fingerprint density at radius 1 is 1.53 bits per heavy atom. The van der Waals surface area contributed by atoms with Crippen molar-refractivity contribution < 1.29 is 4.57 Å². The zero-order chi connectivity index (χ0) is 10.7. The van der Waals surface area contributed by atoms with Gasteiger partial charge in [0.05, 0.1) is 13.1 Å². The minimum Gasteiger partial charge on any atom is -0.240 e. The Balaban J connectivity index is 2.19. The second kappa shape index (κ2) is 3.74. The minimum absolute atomic E-state index is 0.374. The summed E-state index contributed by atoms with van der Waals surface area (Å²) < 4.78 is 4.03. The van der Waals surface area contributed by atoms with Crippen molar-refractivity contribution in [1.82, 2.24) is 4.57 Å². The molecule has 0 amide bonds. The van der Waals surface area contributed by atoms with E-state index in [0.717, 1.165) is 6.42 Å². The second-order valence-corrected chi connectivity index (χ2v) is 4.01. The molecule has 1 aromatic rings. The quantitative estimate of drug-likeness (QED) is 0.663. The van der Waals surface area contributed by atoms with Crippen molar-refractivity contribution >= 4 is 0 Å². The Labute approximate surface area is 89.6 Å². The van der Waals surface area contributed by atoms with Crippen LogP contribution >= 0.6 is 0 Å². The van der Waals surface area contributed by atoms with E-state index in [4.69, 9.17) is 0 Å². The Kier molecular flexibility index (Phi) is 2.42. The topological polar surface area (TPSA) is 32.6 Å². The van der Waals surface area contributed by atoms with Crippen LogP contribution in [0.5, 0.6) is 0 Å². The normalized spacial score (nSPS) is 24.0. The standard InChI is InChI=1S/C12H14N3/c1-14-7-8-15(11-14)10-12(9-13)5-3-2-4-6-12/h2-5,7-8,11H,6,10H2,1H3/q+1. The molecule has 2 rings (SSSR count). The van der Waals surface area contributed by atoms with Gasteiger partial charge in [-0.05, 0) is 6.42 Å². The highest BCUT2D eigenvalue weighted by Gasteiger charge is 2.29. The van der Waals surface area contributed by atoms with E-state index >= 15 is 0 Å². The maximum Gasteiger partial charge on any atom is 0.243 e. The molecule has 3 heteroatoms. The summed E-state index contributed by atoms with van der Waals surface area (Å²) in [6.07, 6.45) is 14.7. The Morgan fingerprint density at radius 3 is 2.93 bits per heavy atom. The van der Waals surface area contributed by atoms with E-state index in [9.17, 15) is 5.26 Å². The average molecular weight is 200 g/mol. The van der Waals surface area contributed by atoms with Crippen LogP contribution in [0.1, 0.15) is 6.42 Å². The number of aromatic nitrogens is 2. The molecule has 1 heterocycles. The number of hydrogen-bond donors (Lipinski definition) is 0. The van der Waals surface area contributed by atoms with Crippen LogP contribution in [0.25, 0.3) is 0 Å². The molecule has 1 atom stereocenters. The van der Waals surface area contributed by atoms with Crippen LogP contribution in [0.4, 0.5) is 0 Å². The molecular weight excluding hydrogens is 186 g/mol. The number of nitrogens with zero attached hydrogens (tertiary/aromatic N) is 3. The minimum atomic E-state index is -0.374. The van der Waals surface area contributed by atoms with Gasteiger partial charge in [0.2, 0.25) is 6.33 Å². The first-order valence-corrected chi connectivity index (χ1v) is 5.01. The fourth-order valence-corrected chi connectivity index (χ4v) is 1.82. The summed E-state index contributed by atoms with van der Waals surface area (Å²) in [6.45, 7) is 0.713. The largest absolute Gasteiger partial charge is 0.243 e. The summed E-state index contributed by atoms with van der Waals surface area (Å²) >= 11 is 0. The van der Waals surface area contributed by atoms with Crippen LogP contribution in [-0.2, 0) is 13.6 Å². The molecule has 15 heavy (non-hydrogen) atoms. The molecule has 1 unspecified atom stereocenters. The summed E-state index contributed by atoms with van der Waals surface area (Å²) in [7, 11) is 1.98. The third kappa shape index (κ3) is 1.99. The number of hydrogen-bond acceptors (Lipinski definition) is 1. The summed E-state index contributed by atoms with van der Waals surface area (Å²) in [4.78, 5) is 0. The molecule has 0 saturated heterocycles. The maximum atomic E-state index is 9.25. The van der Waals surface area contributed by atoms with Crippen molar-refractivity contribution in [3.8, 4) is 6.07 Å². The van der Waals surface area contributed by atoms with E-state index < -0.39 is 0 Å². The smallest absolute Gasteiger partial charge is 0.240 e. The number of imidazole rings is 1. The van der Waals surface area contributed by atoms with Crippen LogP contribution in [0.3, 0.4) is 0 Å². The molecule has 1 aliphatic carbocycles. The molecule has 0 saturated carbocycles. The summed E-state index contributed by atoms with van der Waals surface area (Å²) in [5.74, 6) is 0. The summed E-state index contributed by atoms with van der Waals surface area (Å²) in [5.41, 5.74) is -0.374. The molecule has 1 aromatic heterocycles. The Morgan fingerprint density at radius 2 is 2.40 bits per heavy atom. The molecule has 3 nitrogen and oxygen atoms in total. The molecule has 0 radical (unpaired) electrons. The van der Waals surface area contributed by atoms with Crippen LogP contribution in [0, 0.1) is 16.7 Å². The maximum absolute atomic E-state index is 9.25. The predicted molar refractivity (Wildman–Crippen MR) is 56.6 cm³/mol. The van der Waals surface area contributed by atoms with Gasteiger partial charge in [-0.1, -0.05) is 24.3 Å². The molecule has 1 aliphatic rings. The van der Waals surface area contributed by atoms with E-state index in [1.54, 1.807) is 0 Å². The number of rotatable bonds is 2. The zero-order valence-corrected chi connectivity index (χ0v) is 8.80. The van der Waals surface area contributed by atoms with Gasteiger partial charge in [0.25, 0.3) is 0 Å². The Hall–Kier alpha value is -1.82. The van der Waals surface area contributed by atoms with Crippen molar-refractivity contribution in [2.45, 2.75) is 13.0 Å². The number of nitriles is 1. The lowest BCUT2D eigenvalue weighted by Gasteiger charge is -2.20. The monoisotopic (exact) mass is 200 g/mol. The third-order valence-corrected chi connectivity index (χ3v) is 2.66. The van der Waals surface area contributed by atoms with Gasteiger partial charge < -0.3 is 0 Å². The summed E-state index contributed by atoms with van der Waals surface area (Å²) in [6, 6.07) is 2.41. The highest BCUT2D eigenvalue weighted by atomic mass is 15.1. The fraction of sp³-hybridized carbons (Fsp3) is 0.333. The van der Waals surface area contributed by atoms with E-state index in [1.165, 1.54) is 0 Å². The number of aryl methyl sites for hydroxylation is 1. The first-order valence-electron chi connectivity index (χ1n) is 5.01. The predicted octanol–water partition coefficient (Wildman–Crippen LogP) is 1.34. The lowest BCUT2D eigenvalue weighted by atomic mass is 9.83. The van der Waals surface area contributed by atoms with Crippen LogP contribution in [0.15, 0.2) is 43.0 Å². The SMILES string of the molecule is C[n+]1ccn(CC2(C#N)C=CC=CC2)c1. The van der Waals surface area contributed by atoms with Gasteiger partial charge in [-0.3, -0.25) is 0 Å². The average Bonchev–Trinajstić information content (AvgIpc) is 2.65.